The third-order valence-corrected chi connectivity index (χ3v) is 2.77. The lowest BCUT2D eigenvalue weighted by atomic mass is 10.0. The molecule has 1 aliphatic heterocycles. The van der Waals surface area contributed by atoms with Crippen molar-refractivity contribution in [2.24, 2.45) is 5.73 Å². The number of likely N-dealkylation sites (N-methyl/N-ethyl adjacent to an activating group) is 1. The Hall–Kier alpha value is -0.650. The first-order valence-electron chi connectivity index (χ1n) is 5.69. The van der Waals surface area contributed by atoms with Crippen molar-refractivity contribution in [1.82, 2.24) is 9.80 Å². The maximum Gasteiger partial charge on any atom is 0.254 e. The summed E-state index contributed by atoms with van der Waals surface area (Å²) in [5, 5.41) is 0. The van der Waals surface area contributed by atoms with Gasteiger partial charge in [-0.3, -0.25) is 4.79 Å². The largest absolute Gasteiger partial charge is 0.359 e. The molecule has 2 N–H and O–H groups in total. The summed E-state index contributed by atoms with van der Waals surface area (Å²) in [6.45, 7) is 6.26. The number of carbonyl (C=O) groups is 1. The summed E-state index contributed by atoms with van der Waals surface area (Å²) in [4.78, 5) is 16.0. The molecule has 0 radical (unpaired) electrons. The number of carbonyl (C=O) groups excluding carboxylic acids is 1. The number of amides is 1. The molecule has 16 heavy (non-hydrogen) atoms. The van der Waals surface area contributed by atoms with Crippen LogP contribution in [-0.4, -0.2) is 67.7 Å². The van der Waals surface area contributed by atoms with Gasteiger partial charge in [-0.25, -0.2) is 0 Å². The highest BCUT2D eigenvalue weighted by Gasteiger charge is 2.40. The topological polar surface area (TPSA) is 58.8 Å². The normalized spacial score (nSPS) is 25.2. The van der Waals surface area contributed by atoms with Crippen molar-refractivity contribution in [2.75, 3.05) is 40.3 Å². The van der Waals surface area contributed by atoms with Crippen LogP contribution in [0.25, 0.3) is 0 Å². The van der Waals surface area contributed by atoms with Crippen LogP contribution in [0.5, 0.6) is 0 Å². The second-order valence-electron chi connectivity index (χ2n) is 5.04. The van der Waals surface area contributed by atoms with E-state index in [1.54, 1.807) is 13.8 Å². The van der Waals surface area contributed by atoms with Crippen LogP contribution in [0, 0.1) is 0 Å². The number of rotatable bonds is 4. The number of ether oxygens (including phenoxy) is 1. The third kappa shape index (κ3) is 3.17. The molecule has 1 aliphatic rings. The molecule has 1 rings (SSSR count). The molecule has 0 bridgehead atoms. The average molecular weight is 229 g/mol. The summed E-state index contributed by atoms with van der Waals surface area (Å²) in [5.74, 6) is 0.0547. The van der Waals surface area contributed by atoms with E-state index >= 15 is 0 Å². The van der Waals surface area contributed by atoms with Gasteiger partial charge in [-0.1, -0.05) is 0 Å². The minimum atomic E-state index is -0.741. The van der Waals surface area contributed by atoms with Crippen molar-refractivity contribution < 1.29 is 9.53 Å². The van der Waals surface area contributed by atoms with E-state index < -0.39 is 5.60 Å². The predicted octanol–water partition coefficient (Wildman–Crippen LogP) is -0.487. The van der Waals surface area contributed by atoms with E-state index in [0.29, 0.717) is 13.1 Å². The van der Waals surface area contributed by atoms with Gasteiger partial charge in [0.1, 0.15) is 5.60 Å². The Morgan fingerprint density at radius 2 is 2.19 bits per heavy atom. The van der Waals surface area contributed by atoms with Gasteiger partial charge in [0.25, 0.3) is 5.91 Å². The van der Waals surface area contributed by atoms with Crippen LogP contribution in [0.3, 0.4) is 0 Å². The molecular weight excluding hydrogens is 206 g/mol. The minimum absolute atomic E-state index is 0.0464. The molecule has 1 heterocycles. The Kier molecular flexibility index (Phi) is 4.29. The molecule has 1 unspecified atom stereocenters. The molecule has 1 atom stereocenters. The molecular formula is C11H23N3O2. The predicted molar refractivity (Wildman–Crippen MR) is 63.1 cm³/mol. The summed E-state index contributed by atoms with van der Waals surface area (Å²) in [7, 11) is 3.99. The molecule has 94 valence electrons. The Morgan fingerprint density at radius 1 is 1.56 bits per heavy atom. The van der Waals surface area contributed by atoms with E-state index in [2.05, 4.69) is 4.90 Å². The van der Waals surface area contributed by atoms with Gasteiger partial charge in [-0.05, 0) is 27.9 Å². The zero-order chi connectivity index (χ0) is 12.3. The van der Waals surface area contributed by atoms with Crippen LogP contribution in [0.2, 0.25) is 0 Å². The van der Waals surface area contributed by atoms with Gasteiger partial charge >= 0.3 is 0 Å². The van der Waals surface area contributed by atoms with Crippen molar-refractivity contribution in [2.45, 2.75) is 25.6 Å². The second-order valence-corrected chi connectivity index (χ2v) is 5.04. The smallest absolute Gasteiger partial charge is 0.254 e. The quantitative estimate of drug-likeness (QED) is 0.707. The van der Waals surface area contributed by atoms with Crippen LogP contribution < -0.4 is 5.73 Å². The summed E-state index contributed by atoms with van der Waals surface area (Å²) < 4.78 is 5.64. The molecule has 0 aromatic rings. The van der Waals surface area contributed by atoms with Crippen molar-refractivity contribution in [3.63, 3.8) is 0 Å². The molecule has 1 saturated heterocycles. The SMILES string of the molecule is CN(C)CCN1CC(CN)OC(C)(C)C1=O. The van der Waals surface area contributed by atoms with E-state index in [4.69, 9.17) is 10.5 Å². The van der Waals surface area contributed by atoms with Crippen LogP contribution in [0.4, 0.5) is 0 Å². The maximum atomic E-state index is 12.1. The molecule has 5 nitrogen and oxygen atoms in total. The van der Waals surface area contributed by atoms with Gasteiger partial charge in [-0.2, -0.15) is 0 Å². The second kappa shape index (κ2) is 5.12. The Labute approximate surface area is 97.5 Å². The zero-order valence-electron chi connectivity index (χ0n) is 10.7. The van der Waals surface area contributed by atoms with Crippen molar-refractivity contribution >= 4 is 5.91 Å². The van der Waals surface area contributed by atoms with Crippen molar-refractivity contribution in [1.29, 1.82) is 0 Å². The van der Waals surface area contributed by atoms with E-state index in [9.17, 15) is 4.79 Å². The Balaban J connectivity index is 2.63. The van der Waals surface area contributed by atoms with Crippen LogP contribution in [0.15, 0.2) is 0 Å². The zero-order valence-corrected chi connectivity index (χ0v) is 10.7. The summed E-state index contributed by atoms with van der Waals surface area (Å²) in [5.41, 5.74) is 4.87. The van der Waals surface area contributed by atoms with Crippen LogP contribution in [0.1, 0.15) is 13.8 Å². The number of nitrogens with two attached hydrogens (primary N) is 1. The average Bonchev–Trinajstić information content (AvgIpc) is 2.19. The first kappa shape index (κ1) is 13.4. The first-order chi connectivity index (χ1) is 7.36. The molecule has 1 amide bonds. The van der Waals surface area contributed by atoms with Gasteiger partial charge in [0.2, 0.25) is 0 Å². The lowest BCUT2D eigenvalue weighted by Gasteiger charge is -2.41. The van der Waals surface area contributed by atoms with Crippen molar-refractivity contribution in [3.05, 3.63) is 0 Å². The lowest BCUT2D eigenvalue weighted by molar-refractivity contribution is -0.178. The highest BCUT2D eigenvalue weighted by molar-refractivity contribution is 5.85. The summed E-state index contributed by atoms with van der Waals surface area (Å²) in [6, 6.07) is 0. The van der Waals surface area contributed by atoms with Gasteiger partial charge in [0.05, 0.1) is 6.10 Å². The van der Waals surface area contributed by atoms with E-state index in [-0.39, 0.29) is 12.0 Å². The fourth-order valence-corrected chi connectivity index (χ4v) is 1.85. The summed E-state index contributed by atoms with van der Waals surface area (Å²) >= 11 is 0. The molecule has 0 aromatic carbocycles. The van der Waals surface area contributed by atoms with E-state index in [0.717, 1.165) is 13.1 Å². The van der Waals surface area contributed by atoms with Crippen molar-refractivity contribution in [3.8, 4) is 0 Å². The van der Waals surface area contributed by atoms with Crippen LogP contribution >= 0.6 is 0 Å². The number of morpholine rings is 1. The Bertz CT molecular complexity index is 254. The van der Waals surface area contributed by atoms with E-state index in [1.165, 1.54) is 0 Å². The highest BCUT2D eigenvalue weighted by Crippen LogP contribution is 2.21. The minimum Gasteiger partial charge on any atom is -0.359 e. The molecule has 1 fully saturated rings. The fraction of sp³-hybridized carbons (Fsp3) is 0.909. The maximum absolute atomic E-state index is 12.1. The first-order valence-corrected chi connectivity index (χ1v) is 5.69. The molecule has 0 saturated carbocycles. The van der Waals surface area contributed by atoms with E-state index in [1.807, 2.05) is 19.0 Å². The molecule has 0 aliphatic carbocycles. The highest BCUT2D eigenvalue weighted by atomic mass is 16.5. The number of hydrogen-bond acceptors (Lipinski definition) is 4. The van der Waals surface area contributed by atoms with Gasteiger partial charge in [0, 0.05) is 26.2 Å². The standard InChI is InChI=1S/C11H23N3O2/c1-11(2)10(15)14(6-5-13(3)4)8-9(7-12)16-11/h9H,5-8,12H2,1-4H3. The number of hydrogen-bond donors (Lipinski definition) is 1. The fourth-order valence-electron chi connectivity index (χ4n) is 1.85. The lowest BCUT2D eigenvalue weighted by Crippen LogP contribution is -2.59. The Morgan fingerprint density at radius 3 is 2.69 bits per heavy atom. The van der Waals surface area contributed by atoms with Crippen LogP contribution in [-0.2, 0) is 9.53 Å². The van der Waals surface area contributed by atoms with Gasteiger partial charge in [-0.15, -0.1) is 0 Å². The third-order valence-electron chi connectivity index (χ3n) is 2.77. The number of nitrogens with zero attached hydrogens (tertiary/aromatic N) is 2. The molecule has 0 aromatic heterocycles. The molecule has 0 spiro atoms. The monoisotopic (exact) mass is 229 g/mol. The van der Waals surface area contributed by atoms with Gasteiger partial charge < -0.3 is 20.3 Å². The summed E-state index contributed by atoms with van der Waals surface area (Å²) in [6.07, 6.45) is -0.0464. The molecule has 5 heteroatoms. The van der Waals surface area contributed by atoms with Gasteiger partial charge in [0.15, 0.2) is 0 Å².